The number of methoxy groups -OCH3 is 1. The van der Waals surface area contributed by atoms with Crippen molar-refractivity contribution >= 4 is 48.9 Å². The summed E-state index contributed by atoms with van der Waals surface area (Å²) in [7, 11) is -2.46. The molecule has 0 spiro atoms. The molecule has 2 rings (SSSR count). The maximum Gasteiger partial charge on any atom is 0.289 e. The summed E-state index contributed by atoms with van der Waals surface area (Å²) in [6.07, 6.45) is 0. The van der Waals surface area contributed by atoms with Crippen LogP contribution in [0.15, 0.2) is 45.8 Å². The van der Waals surface area contributed by atoms with Crippen molar-refractivity contribution in [2.45, 2.75) is 4.90 Å². The van der Waals surface area contributed by atoms with Crippen molar-refractivity contribution in [2.24, 2.45) is 0 Å². The molecule has 2 aromatic rings. The van der Waals surface area contributed by atoms with E-state index in [2.05, 4.69) is 20.7 Å². The molecule has 0 saturated heterocycles. The van der Waals surface area contributed by atoms with Gasteiger partial charge in [0.2, 0.25) is 0 Å². The van der Waals surface area contributed by atoms with Crippen LogP contribution in [0.1, 0.15) is 0 Å². The molecular formula is C13H10BrClN2O5S. The molecule has 23 heavy (non-hydrogen) atoms. The Bertz CT molecular complexity index is 873. The molecule has 0 aliphatic carbocycles. The number of sulfonamides is 1. The van der Waals surface area contributed by atoms with Crippen LogP contribution in [0, 0.1) is 10.1 Å². The van der Waals surface area contributed by atoms with E-state index in [0.717, 1.165) is 6.07 Å². The maximum absolute atomic E-state index is 12.3. The standard InChI is InChI=1S/C13H10BrClN2O5S/c1-22-13-5-3-9(7-10(13)14)23(20,21)16-8-2-4-11(15)12(6-8)17(18)19/h2-7,16H,1H3. The van der Waals surface area contributed by atoms with E-state index >= 15 is 0 Å². The highest BCUT2D eigenvalue weighted by molar-refractivity contribution is 9.10. The Morgan fingerprint density at radius 3 is 2.52 bits per heavy atom. The highest BCUT2D eigenvalue weighted by Gasteiger charge is 2.19. The smallest absolute Gasteiger partial charge is 0.289 e. The Morgan fingerprint density at radius 1 is 1.26 bits per heavy atom. The number of hydrogen-bond acceptors (Lipinski definition) is 5. The Balaban J connectivity index is 2.37. The summed E-state index contributed by atoms with van der Waals surface area (Å²) in [5.41, 5.74) is -0.351. The van der Waals surface area contributed by atoms with E-state index in [4.69, 9.17) is 16.3 Å². The second kappa shape index (κ2) is 6.73. The van der Waals surface area contributed by atoms with E-state index < -0.39 is 14.9 Å². The van der Waals surface area contributed by atoms with Crippen molar-refractivity contribution in [3.63, 3.8) is 0 Å². The van der Waals surface area contributed by atoms with Crippen LogP contribution in [-0.4, -0.2) is 20.5 Å². The number of anilines is 1. The summed E-state index contributed by atoms with van der Waals surface area (Å²) in [5.74, 6) is 0.478. The summed E-state index contributed by atoms with van der Waals surface area (Å²) >= 11 is 8.90. The first-order valence-corrected chi connectivity index (χ1v) is 8.70. The zero-order chi connectivity index (χ0) is 17.2. The van der Waals surface area contributed by atoms with Crippen LogP contribution in [-0.2, 0) is 10.0 Å². The molecule has 0 aromatic heterocycles. The van der Waals surface area contributed by atoms with Gasteiger partial charge in [0.05, 0.1) is 27.1 Å². The van der Waals surface area contributed by atoms with Crippen molar-refractivity contribution in [1.82, 2.24) is 0 Å². The number of nitro benzene ring substituents is 1. The minimum atomic E-state index is -3.92. The molecule has 0 radical (unpaired) electrons. The minimum absolute atomic E-state index is 0.0252. The zero-order valence-electron chi connectivity index (χ0n) is 11.6. The van der Waals surface area contributed by atoms with Gasteiger partial charge in [-0.2, -0.15) is 0 Å². The lowest BCUT2D eigenvalue weighted by molar-refractivity contribution is -0.384. The summed E-state index contributed by atoms with van der Waals surface area (Å²) in [5, 5.41) is 10.8. The van der Waals surface area contributed by atoms with E-state index in [9.17, 15) is 18.5 Å². The predicted molar refractivity (Wildman–Crippen MR) is 89.6 cm³/mol. The quantitative estimate of drug-likeness (QED) is 0.584. The van der Waals surface area contributed by atoms with E-state index in [1.165, 1.54) is 37.4 Å². The first-order chi connectivity index (χ1) is 10.7. The highest BCUT2D eigenvalue weighted by Crippen LogP contribution is 2.30. The van der Waals surface area contributed by atoms with Crippen molar-refractivity contribution in [2.75, 3.05) is 11.8 Å². The van der Waals surface area contributed by atoms with Gasteiger partial charge in [-0.25, -0.2) is 8.42 Å². The number of nitrogens with zero attached hydrogens (tertiary/aromatic N) is 1. The average molecular weight is 422 g/mol. The lowest BCUT2D eigenvalue weighted by Crippen LogP contribution is -2.13. The number of ether oxygens (including phenoxy) is 1. The fraction of sp³-hybridized carbons (Fsp3) is 0.0769. The van der Waals surface area contributed by atoms with Gasteiger partial charge in [0.1, 0.15) is 10.8 Å². The van der Waals surface area contributed by atoms with E-state index in [0.29, 0.717) is 10.2 Å². The van der Waals surface area contributed by atoms with Crippen LogP contribution in [0.2, 0.25) is 5.02 Å². The van der Waals surface area contributed by atoms with Crippen molar-refractivity contribution in [1.29, 1.82) is 0 Å². The second-order valence-corrected chi connectivity index (χ2v) is 7.27. The molecule has 0 atom stereocenters. The number of benzene rings is 2. The monoisotopic (exact) mass is 420 g/mol. The van der Waals surface area contributed by atoms with Crippen molar-refractivity contribution in [3.05, 3.63) is 56.0 Å². The fourth-order valence-corrected chi connectivity index (χ4v) is 3.70. The average Bonchev–Trinajstić information content (AvgIpc) is 2.48. The third-order valence-corrected chi connectivity index (χ3v) is 5.15. The molecule has 0 saturated carbocycles. The van der Waals surface area contributed by atoms with Crippen LogP contribution in [0.3, 0.4) is 0 Å². The topological polar surface area (TPSA) is 98.5 Å². The fourth-order valence-electron chi connectivity index (χ4n) is 1.74. The van der Waals surface area contributed by atoms with Crippen LogP contribution in [0.25, 0.3) is 0 Å². The molecule has 2 aromatic carbocycles. The molecule has 10 heteroatoms. The van der Waals surface area contributed by atoms with Gasteiger partial charge in [0.15, 0.2) is 0 Å². The van der Waals surface area contributed by atoms with Gasteiger partial charge in [0.25, 0.3) is 15.7 Å². The molecule has 0 amide bonds. The molecule has 0 aliphatic heterocycles. The Kier molecular flexibility index (Phi) is 5.12. The minimum Gasteiger partial charge on any atom is -0.496 e. The van der Waals surface area contributed by atoms with Gasteiger partial charge in [-0.05, 0) is 46.3 Å². The predicted octanol–water partition coefficient (Wildman–Crippen LogP) is 3.82. The van der Waals surface area contributed by atoms with Crippen molar-refractivity contribution in [3.8, 4) is 5.75 Å². The molecule has 122 valence electrons. The number of nitrogens with one attached hydrogen (secondary N) is 1. The Labute approximate surface area is 145 Å². The third-order valence-electron chi connectivity index (χ3n) is 2.83. The number of rotatable bonds is 5. The number of nitro groups is 1. The van der Waals surface area contributed by atoms with Crippen LogP contribution < -0.4 is 9.46 Å². The molecule has 1 N–H and O–H groups in total. The molecule has 0 unspecified atom stereocenters. The highest BCUT2D eigenvalue weighted by atomic mass is 79.9. The lowest BCUT2D eigenvalue weighted by Gasteiger charge is -2.10. The SMILES string of the molecule is COc1ccc(S(=O)(=O)Nc2ccc(Cl)c([N+](=O)[O-])c2)cc1Br. The Hall–Kier alpha value is -1.84. The number of halogens is 2. The van der Waals surface area contributed by atoms with Gasteiger partial charge in [-0.15, -0.1) is 0 Å². The van der Waals surface area contributed by atoms with Gasteiger partial charge < -0.3 is 4.74 Å². The number of hydrogen-bond donors (Lipinski definition) is 1. The normalized spacial score (nSPS) is 11.1. The van der Waals surface area contributed by atoms with Gasteiger partial charge >= 0.3 is 0 Å². The third kappa shape index (κ3) is 3.92. The van der Waals surface area contributed by atoms with E-state index in [1.807, 2.05) is 0 Å². The van der Waals surface area contributed by atoms with Crippen molar-refractivity contribution < 1.29 is 18.1 Å². The molecule has 7 nitrogen and oxygen atoms in total. The van der Waals surface area contributed by atoms with E-state index in [1.54, 1.807) is 0 Å². The lowest BCUT2D eigenvalue weighted by atomic mass is 10.3. The molecule has 0 bridgehead atoms. The van der Waals surface area contributed by atoms with E-state index in [-0.39, 0.29) is 21.3 Å². The summed E-state index contributed by atoms with van der Waals surface area (Å²) in [6.45, 7) is 0. The van der Waals surface area contributed by atoms with Gasteiger partial charge in [-0.1, -0.05) is 11.6 Å². The van der Waals surface area contributed by atoms with Crippen LogP contribution in [0.4, 0.5) is 11.4 Å². The summed E-state index contributed by atoms with van der Waals surface area (Å²) in [6, 6.07) is 7.86. The molecule has 0 heterocycles. The largest absolute Gasteiger partial charge is 0.496 e. The second-order valence-electron chi connectivity index (χ2n) is 4.33. The molecule has 0 fully saturated rings. The Morgan fingerprint density at radius 2 is 1.96 bits per heavy atom. The zero-order valence-corrected chi connectivity index (χ0v) is 14.8. The van der Waals surface area contributed by atoms with Crippen LogP contribution in [0.5, 0.6) is 5.75 Å². The molecular weight excluding hydrogens is 412 g/mol. The first kappa shape index (κ1) is 17.5. The first-order valence-electron chi connectivity index (χ1n) is 6.05. The maximum atomic E-state index is 12.3. The van der Waals surface area contributed by atoms with Crippen LogP contribution >= 0.6 is 27.5 Å². The summed E-state index contributed by atoms with van der Waals surface area (Å²) in [4.78, 5) is 10.1. The van der Waals surface area contributed by atoms with Gasteiger partial charge in [0, 0.05) is 6.07 Å². The summed E-state index contributed by atoms with van der Waals surface area (Å²) < 4.78 is 32.5. The van der Waals surface area contributed by atoms with Gasteiger partial charge in [-0.3, -0.25) is 14.8 Å². The molecule has 0 aliphatic rings.